The molecule has 3 rings (SSSR count). The quantitative estimate of drug-likeness (QED) is 0.357. The number of amides is 1. The van der Waals surface area contributed by atoms with Crippen LogP contribution in [-0.4, -0.2) is 34.4 Å². The number of benzene rings is 2. The molecule has 0 radical (unpaired) electrons. The highest BCUT2D eigenvalue weighted by Gasteiger charge is 2.26. The second-order valence-electron chi connectivity index (χ2n) is 8.25. The van der Waals surface area contributed by atoms with E-state index in [9.17, 15) is 14.4 Å². The van der Waals surface area contributed by atoms with Gasteiger partial charge in [-0.25, -0.2) is 4.79 Å². The molecule has 7 heteroatoms. The number of esters is 1. The summed E-state index contributed by atoms with van der Waals surface area (Å²) in [4.78, 5) is 36.5. The molecule has 2 N–H and O–H groups in total. The van der Waals surface area contributed by atoms with Crippen LogP contribution in [0, 0.1) is 6.92 Å². The lowest BCUT2D eigenvalue weighted by atomic mass is 10.1. The molecule has 0 atom stereocenters. The highest BCUT2D eigenvalue weighted by molar-refractivity contribution is 6.45. The number of aromatic nitrogens is 1. The summed E-state index contributed by atoms with van der Waals surface area (Å²) in [7, 11) is 0. The number of ether oxygens (including phenoxy) is 2. The van der Waals surface area contributed by atoms with Crippen LogP contribution in [0.3, 0.4) is 0 Å². The number of rotatable bonds is 7. The third kappa shape index (κ3) is 4.94. The molecule has 1 heterocycles. The smallest absolute Gasteiger partial charge is 0.344 e. The number of carbonyl (C=O) groups excluding carboxylic acids is 3. The molecule has 0 aliphatic heterocycles. The molecule has 0 saturated carbocycles. The van der Waals surface area contributed by atoms with Crippen molar-refractivity contribution in [2.24, 2.45) is 5.73 Å². The lowest BCUT2D eigenvalue weighted by Gasteiger charge is -2.19. The Kier molecular flexibility index (Phi) is 6.15. The van der Waals surface area contributed by atoms with Crippen molar-refractivity contribution >= 4 is 28.6 Å². The van der Waals surface area contributed by atoms with E-state index in [2.05, 4.69) is 0 Å². The van der Waals surface area contributed by atoms with Gasteiger partial charge >= 0.3 is 5.97 Å². The maximum Gasteiger partial charge on any atom is 0.344 e. The zero-order chi connectivity index (χ0) is 22.8. The fourth-order valence-electron chi connectivity index (χ4n) is 3.49. The van der Waals surface area contributed by atoms with Crippen molar-refractivity contribution in [1.29, 1.82) is 0 Å². The van der Waals surface area contributed by atoms with Crippen LogP contribution in [0.2, 0.25) is 0 Å². The molecule has 0 aliphatic rings. The Bertz CT molecular complexity index is 1140. The summed E-state index contributed by atoms with van der Waals surface area (Å²) in [5.74, 6) is -2.08. The molecule has 0 bridgehead atoms. The molecular weight excluding hydrogens is 396 g/mol. The van der Waals surface area contributed by atoms with E-state index in [1.165, 1.54) is 0 Å². The number of hydrogen-bond donors (Lipinski definition) is 1. The molecule has 162 valence electrons. The van der Waals surface area contributed by atoms with Crippen LogP contribution in [0.5, 0.6) is 5.75 Å². The van der Waals surface area contributed by atoms with Gasteiger partial charge in [0.2, 0.25) is 0 Å². The van der Waals surface area contributed by atoms with Gasteiger partial charge in [-0.15, -0.1) is 0 Å². The molecule has 3 aromatic rings. The zero-order valence-corrected chi connectivity index (χ0v) is 18.1. The molecule has 7 nitrogen and oxygen atoms in total. The first-order valence-electron chi connectivity index (χ1n) is 9.93. The molecule has 2 aromatic carbocycles. The topological polar surface area (TPSA) is 101 Å². The standard InChI is InChI=1S/C24H26N2O5/c1-15-20(22(28)23(25)29)21-17(26(15)13-16-9-6-5-7-10-16)11-8-12-18(21)30-14-19(27)31-24(2,3)4/h5-12H,13-14H2,1-4H3,(H2,25,29). The maximum absolute atomic E-state index is 12.7. The highest BCUT2D eigenvalue weighted by atomic mass is 16.6. The van der Waals surface area contributed by atoms with E-state index >= 15 is 0 Å². The van der Waals surface area contributed by atoms with Crippen LogP contribution < -0.4 is 10.5 Å². The third-order valence-corrected chi connectivity index (χ3v) is 4.71. The Labute approximate surface area is 180 Å². The van der Waals surface area contributed by atoms with Crippen molar-refractivity contribution in [3.63, 3.8) is 0 Å². The van der Waals surface area contributed by atoms with Crippen molar-refractivity contribution in [2.75, 3.05) is 6.61 Å². The molecule has 0 unspecified atom stereocenters. The summed E-state index contributed by atoms with van der Waals surface area (Å²) in [6.07, 6.45) is 0. The van der Waals surface area contributed by atoms with E-state index in [1.807, 2.05) is 41.0 Å². The number of nitrogens with two attached hydrogens (primary N) is 1. The average molecular weight is 422 g/mol. The lowest BCUT2D eigenvalue weighted by Crippen LogP contribution is -2.27. The van der Waals surface area contributed by atoms with Gasteiger partial charge in [-0.05, 0) is 45.4 Å². The van der Waals surface area contributed by atoms with Crippen LogP contribution in [-0.2, 0) is 20.9 Å². The second kappa shape index (κ2) is 8.63. The number of nitrogens with zero attached hydrogens (tertiary/aromatic N) is 1. The summed E-state index contributed by atoms with van der Waals surface area (Å²) in [5, 5.41) is 0.447. The Hall–Kier alpha value is -3.61. The van der Waals surface area contributed by atoms with Gasteiger partial charge < -0.3 is 19.8 Å². The van der Waals surface area contributed by atoms with Gasteiger partial charge in [-0.2, -0.15) is 0 Å². The summed E-state index contributed by atoms with van der Waals surface area (Å²) in [6, 6.07) is 15.0. The Morgan fingerprint density at radius 2 is 1.68 bits per heavy atom. The summed E-state index contributed by atoms with van der Waals surface area (Å²) >= 11 is 0. The van der Waals surface area contributed by atoms with E-state index < -0.39 is 23.3 Å². The third-order valence-electron chi connectivity index (χ3n) is 4.71. The Morgan fingerprint density at radius 1 is 1.00 bits per heavy atom. The number of hydrogen-bond acceptors (Lipinski definition) is 5. The van der Waals surface area contributed by atoms with E-state index in [1.54, 1.807) is 39.8 Å². The first kappa shape index (κ1) is 22.1. The van der Waals surface area contributed by atoms with Crippen molar-refractivity contribution < 1.29 is 23.9 Å². The second-order valence-corrected chi connectivity index (χ2v) is 8.25. The Balaban J connectivity index is 2.08. The van der Waals surface area contributed by atoms with Gasteiger partial charge in [0.15, 0.2) is 6.61 Å². The predicted octanol–water partition coefficient (Wildman–Crippen LogP) is 3.39. The first-order chi connectivity index (χ1) is 14.6. The maximum atomic E-state index is 12.7. The van der Waals surface area contributed by atoms with Crippen molar-refractivity contribution in [3.05, 3.63) is 65.4 Å². The van der Waals surface area contributed by atoms with Gasteiger partial charge in [0.1, 0.15) is 11.4 Å². The molecular formula is C24H26N2O5. The average Bonchev–Trinajstić information content (AvgIpc) is 2.97. The summed E-state index contributed by atoms with van der Waals surface area (Å²) < 4.78 is 12.9. The van der Waals surface area contributed by atoms with Gasteiger partial charge in [0.25, 0.3) is 11.7 Å². The van der Waals surface area contributed by atoms with Crippen LogP contribution in [0.4, 0.5) is 0 Å². The van der Waals surface area contributed by atoms with Crippen LogP contribution in [0.25, 0.3) is 10.9 Å². The summed E-state index contributed by atoms with van der Waals surface area (Å²) in [6.45, 7) is 7.22. The number of Topliss-reactive ketones (excluding diaryl/α,β-unsaturated/α-hetero) is 1. The van der Waals surface area contributed by atoms with Gasteiger partial charge in [-0.3, -0.25) is 9.59 Å². The Morgan fingerprint density at radius 3 is 2.29 bits per heavy atom. The molecule has 1 aromatic heterocycles. The minimum Gasteiger partial charge on any atom is -0.481 e. The predicted molar refractivity (Wildman–Crippen MR) is 117 cm³/mol. The number of ketones is 1. The first-order valence-corrected chi connectivity index (χ1v) is 9.93. The number of carbonyl (C=O) groups is 3. The molecule has 0 aliphatic carbocycles. The van der Waals surface area contributed by atoms with E-state index in [0.717, 1.165) is 5.56 Å². The van der Waals surface area contributed by atoms with Crippen LogP contribution in [0.15, 0.2) is 48.5 Å². The van der Waals surface area contributed by atoms with Crippen LogP contribution in [0.1, 0.15) is 42.4 Å². The minimum absolute atomic E-state index is 0.179. The molecule has 0 saturated heterocycles. The van der Waals surface area contributed by atoms with E-state index in [-0.39, 0.29) is 12.2 Å². The van der Waals surface area contributed by atoms with Crippen molar-refractivity contribution in [2.45, 2.75) is 39.8 Å². The number of primary amides is 1. The monoisotopic (exact) mass is 422 g/mol. The molecule has 0 spiro atoms. The highest BCUT2D eigenvalue weighted by Crippen LogP contribution is 2.34. The zero-order valence-electron chi connectivity index (χ0n) is 18.1. The molecule has 0 fully saturated rings. The summed E-state index contributed by atoms with van der Waals surface area (Å²) in [5.41, 5.74) is 7.18. The van der Waals surface area contributed by atoms with Crippen molar-refractivity contribution in [3.8, 4) is 5.75 Å². The van der Waals surface area contributed by atoms with Gasteiger partial charge in [-0.1, -0.05) is 36.4 Å². The number of fused-ring (bicyclic) bond motifs is 1. The largest absolute Gasteiger partial charge is 0.481 e. The fourth-order valence-corrected chi connectivity index (χ4v) is 3.49. The SMILES string of the molecule is Cc1c(C(=O)C(N)=O)c2c(OCC(=O)OC(C)(C)C)cccc2n1Cc1ccccc1. The normalized spacial score (nSPS) is 11.4. The van der Waals surface area contributed by atoms with Gasteiger partial charge in [0, 0.05) is 12.2 Å². The fraction of sp³-hybridized carbons (Fsp3) is 0.292. The van der Waals surface area contributed by atoms with E-state index in [4.69, 9.17) is 15.2 Å². The van der Waals surface area contributed by atoms with E-state index in [0.29, 0.717) is 28.9 Å². The van der Waals surface area contributed by atoms with Crippen molar-refractivity contribution in [1.82, 2.24) is 4.57 Å². The van der Waals surface area contributed by atoms with Gasteiger partial charge in [0.05, 0.1) is 16.5 Å². The lowest BCUT2D eigenvalue weighted by molar-refractivity contribution is -0.157. The van der Waals surface area contributed by atoms with Crippen LogP contribution >= 0.6 is 0 Å². The molecule has 31 heavy (non-hydrogen) atoms. The molecule has 1 amide bonds. The minimum atomic E-state index is -1.05.